The van der Waals surface area contributed by atoms with Crippen LogP contribution in [0.1, 0.15) is 51.3 Å². The molecule has 2 N–H and O–H groups in total. The molecule has 1 aromatic heterocycles. The molecule has 28 heavy (non-hydrogen) atoms. The van der Waals surface area contributed by atoms with Crippen LogP contribution in [0, 0.1) is 16.0 Å². The molecule has 2 fully saturated rings. The molecule has 1 unspecified atom stereocenters. The number of aromatic nitrogens is 2. The Morgan fingerprint density at radius 2 is 2.07 bits per heavy atom. The molecule has 152 valence electrons. The first-order valence-electron chi connectivity index (χ1n) is 9.63. The van der Waals surface area contributed by atoms with Crippen molar-refractivity contribution in [3.05, 3.63) is 34.1 Å². The highest BCUT2D eigenvalue weighted by Crippen LogP contribution is 2.37. The Labute approximate surface area is 170 Å². The van der Waals surface area contributed by atoms with E-state index in [0.29, 0.717) is 23.0 Å². The molecule has 1 aliphatic heterocycles. The summed E-state index contributed by atoms with van der Waals surface area (Å²) in [5, 5.41) is 15.7. The van der Waals surface area contributed by atoms with Gasteiger partial charge in [-0.2, -0.15) is 4.98 Å². The van der Waals surface area contributed by atoms with Crippen LogP contribution in [0.3, 0.4) is 0 Å². The lowest BCUT2D eigenvalue weighted by molar-refractivity contribution is -0.384. The molecule has 2 heterocycles. The molecule has 9 heteroatoms. The summed E-state index contributed by atoms with van der Waals surface area (Å²) in [6, 6.07) is 5.14. The lowest BCUT2D eigenvalue weighted by Gasteiger charge is -2.32. The molecular weight excluding hydrogens is 382 g/mol. The number of halogens is 1. The highest BCUT2D eigenvalue weighted by molar-refractivity contribution is 5.85. The number of nitrogens with two attached hydrogens (primary N) is 1. The quantitative estimate of drug-likeness (QED) is 0.601. The average Bonchev–Trinajstić information content (AvgIpc) is 3.31. The lowest BCUT2D eigenvalue weighted by Crippen LogP contribution is -2.34. The van der Waals surface area contributed by atoms with E-state index in [1.807, 2.05) is 6.07 Å². The smallest absolute Gasteiger partial charge is 0.293 e. The van der Waals surface area contributed by atoms with Gasteiger partial charge in [0.1, 0.15) is 5.69 Å². The van der Waals surface area contributed by atoms with Crippen molar-refractivity contribution in [3.8, 4) is 11.5 Å². The van der Waals surface area contributed by atoms with Crippen LogP contribution in [0.25, 0.3) is 11.5 Å². The van der Waals surface area contributed by atoms with Gasteiger partial charge in [0.05, 0.1) is 10.5 Å². The standard InChI is InChI=1S/C19H25N5O3.ClH/c1-13-5-4-10-23(12-13)15-7-6-14(11-16(15)24(25)26)17-21-18(22-27-17)19(20)8-2-3-9-19;/h6-7,11,13H,2-5,8-10,12,20H2,1H3;1H. The minimum Gasteiger partial charge on any atom is -0.366 e. The van der Waals surface area contributed by atoms with E-state index in [9.17, 15) is 10.1 Å². The van der Waals surface area contributed by atoms with Crippen molar-refractivity contribution in [1.29, 1.82) is 0 Å². The molecule has 2 aliphatic rings. The van der Waals surface area contributed by atoms with Crippen LogP contribution >= 0.6 is 12.4 Å². The monoisotopic (exact) mass is 407 g/mol. The number of hydrogen-bond donors (Lipinski definition) is 1. The summed E-state index contributed by atoms with van der Waals surface area (Å²) < 4.78 is 5.39. The second kappa shape index (κ2) is 8.05. The predicted octanol–water partition coefficient (Wildman–Crippen LogP) is 4.03. The average molecular weight is 408 g/mol. The van der Waals surface area contributed by atoms with Crippen LogP contribution in [0.15, 0.2) is 22.7 Å². The second-order valence-corrected chi connectivity index (χ2v) is 7.94. The summed E-state index contributed by atoms with van der Waals surface area (Å²) in [7, 11) is 0. The molecule has 0 amide bonds. The van der Waals surface area contributed by atoms with Crippen LogP contribution in [0.5, 0.6) is 0 Å². The molecule has 1 saturated carbocycles. The van der Waals surface area contributed by atoms with Gasteiger partial charge in [-0.1, -0.05) is 24.9 Å². The van der Waals surface area contributed by atoms with E-state index in [2.05, 4.69) is 22.0 Å². The van der Waals surface area contributed by atoms with Crippen molar-refractivity contribution in [2.75, 3.05) is 18.0 Å². The molecular formula is C19H26ClN5O3. The van der Waals surface area contributed by atoms with Crippen LogP contribution in [0.4, 0.5) is 11.4 Å². The largest absolute Gasteiger partial charge is 0.366 e. The fourth-order valence-corrected chi connectivity index (χ4v) is 4.25. The van der Waals surface area contributed by atoms with Gasteiger partial charge in [0.25, 0.3) is 11.6 Å². The third-order valence-corrected chi connectivity index (χ3v) is 5.78. The predicted molar refractivity (Wildman–Crippen MR) is 109 cm³/mol. The van der Waals surface area contributed by atoms with E-state index >= 15 is 0 Å². The van der Waals surface area contributed by atoms with Gasteiger partial charge >= 0.3 is 0 Å². The molecule has 4 rings (SSSR count). The van der Waals surface area contributed by atoms with E-state index in [0.717, 1.165) is 51.6 Å². The highest BCUT2D eigenvalue weighted by Gasteiger charge is 2.36. The Morgan fingerprint density at radius 3 is 2.75 bits per heavy atom. The van der Waals surface area contributed by atoms with Crippen LogP contribution < -0.4 is 10.6 Å². The maximum Gasteiger partial charge on any atom is 0.293 e. The van der Waals surface area contributed by atoms with Gasteiger partial charge in [-0.15, -0.1) is 12.4 Å². The minimum atomic E-state index is -0.544. The normalized spacial score (nSPS) is 21.4. The Morgan fingerprint density at radius 1 is 1.32 bits per heavy atom. The highest BCUT2D eigenvalue weighted by atomic mass is 35.5. The summed E-state index contributed by atoms with van der Waals surface area (Å²) in [4.78, 5) is 17.9. The van der Waals surface area contributed by atoms with Crippen molar-refractivity contribution in [3.63, 3.8) is 0 Å². The molecule has 0 radical (unpaired) electrons. The Balaban J connectivity index is 0.00000225. The fraction of sp³-hybridized carbons (Fsp3) is 0.579. The van der Waals surface area contributed by atoms with Crippen LogP contribution in [0.2, 0.25) is 0 Å². The number of nitro benzene ring substituents is 1. The lowest BCUT2D eigenvalue weighted by atomic mass is 9.98. The van der Waals surface area contributed by atoms with Crippen molar-refractivity contribution in [1.82, 2.24) is 10.1 Å². The van der Waals surface area contributed by atoms with E-state index in [4.69, 9.17) is 10.3 Å². The van der Waals surface area contributed by atoms with Gasteiger partial charge in [0.2, 0.25) is 0 Å². The van der Waals surface area contributed by atoms with E-state index in [1.165, 1.54) is 6.07 Å². The van der Waals surface area contributed by atoms with Crippen molar-refractivity contribution in [2.24, 2.45) is 11.7 Å². The van der Waals surface area contributed by atoms with Crippen molar-refractivity contribution in [2.45, 2.75) is 51.0 Å². The zero-order chi connectivity index (χ0) is 19.0. The number of rotatable bonds is 4. The van der Waals surface area contributed by atoms with Crippen molar-refractivity contribution < 1.29 is 9.45 Å². The number of nitro groups is 1. The molecule has 0 spiro atoms. The van der Waals surface area contributed by atoms with Gasteiger partial charge < -0.3 is 15.2 Å². The summed E-state index contributed by atoms with van der Waals surface area (Å²) in [5.74, 6) is 1.30. The maximum absolute atomic E-state index is 11.7. The Bertz CT molecular complexity index is 850. The van der Waals surface area contributed by atoms with Crippen molar-refractivity contribution >= 4 is 23.8 Å². The number of piperidine rings is 1. The van der Waals surface area contributed by atoms with Crippen LogP contribution in [-0.2, 0) is 5.54 Å². The first-order valence-corrected chi connectivity index (χ1v) is 9.63. The molecule has 1 saturated heterocycles. The van der Waals surface area contributed by atoms with E-state index in [1.54, 1.807) is 6.07 Å². The fourth-order valence-electron chi connectivity index (χ4n) is 4.25. The third-order valence-electron chi connectivity index (χ3n) is 5.78. The van der Waals surface area contributed by atoms with Gasteiger partial charge in [-0.3, -0.25) is 10.1 Å². The SMILES string of the molecule is CC1CCCN(c2ccc(-c3nc(C4(N)CCCC4)no3)cc2[N+](=O)[O-])C1.Cl. The number of anilines is 1. The number of nitrogens with zero attached hydrogens (tertiary/aromatic N) is 4. The zero-order valence-corrected chi connectivity index (χ0v) is 16.8. The first-order chi connectivity index (χ1) is 13.0. The number of hydrogen-bond acceptors (Lipinski definition) is 7. The third kappa shape index (κ3) is 3.84. The van der Waals surface area contributed by atoms with E-state index in [-0.39, 0.29) is 28.9 Å². The molecule has 1 atom stereocenters. The minimum absolute atomic E-state index is 0. The summed E-state index contributed by atoms with van der Waals surface area (Å²) in [6.45, 7) is 3.85. The molecule has 1 aromatic carbocycles. The first kappa shape index (κ1) is 20.5. The van der Waals surface area contributed by atoms with Crippen LogP contribution in [-0.4, -0.2) is 28.2 Å². The topological polar surface area (TPSA) is 111 Å². The van der Waals surface area contributed by atoms with Gasteiger partial charge in [0, 0.05) is 24.7 Å². The zero-order valence-electron chi connectivity index (χ0n) is 16.0. The Hall–Kier alpha value is -2.19. The molecule has 1 aliphatic carbocycles. The molecule has 0 bridgehead atoms. The summed E-state index contributed by atoms with van der Waals surface area (Å²) in [5.41, 5.74) is 7.12. The summed E-state index contributed by atoms with van der Waals surface area (Å²) >= 11 is 0. The van der Waals surface area contributed by atoms with Gasteiger partial charge in [-0.05, 0) is 43.7 Å². The van der Waals surface area contributed by atoms with E-state index < -0.39 is 5.54 Å². The summed E-state index contributed by atoms with van der Waals surface area (Å²) in [6.07, 6.45) is 5.97. The second-order valence-electron chi connectivity index (χ2n) is 7.94. The molecule has 8 nitrogen and oxygen atoms in total. The van der Waals surface area contributed by atoms with Gasteiger partial charge in [0.15, 0.2) is 5.82 Å². The molecule has 2 aromatic rings. The number of benzene rings is 1. The van der Waals surface area contributed by atoms with Gasteiger partial charge in [-0.25, -0.2) is 0 Å². The maximum atomic E-state index is 11.7. The Kier molecular flexibility index (Phi) is 5.90.